The molecule has 0 radical (unpaired) electrons. The zero-order valence-corrected chi connectivity index (χ0v) is 23.9. The summed E-state index contributed by atoms with van der Waals surface area (Å²) in [4.78, 5) is 0. The van der Waals surface area contributed by atoms with Crippen LogP contribution in [-0.4, -0.2) is 22.5 Å². The minimum atomic E-state index is 0.658. The SMILES string of the molecule is CCCCCCCCC(S)CCCCCCCCCS.SCCCCCCCCS. The topological polar surface area (TPSA) is 0 Å². The van der Waals surface area contributed by atoms with E-state index in [1.54, 1.807) is 0 Å². The van der Waals surface area contributed by atoms with E-state index < -0.39 is 0 Å². The van der Waals surface area contributed by atoms with E-state index >= 15 is 0 Å². The van der Waals surface area contributed by atoms with Crippen molar-refractivity contribution >= 4 is 50.5 Å². The largest absolute Gasteiger partial charge is 0.179 e. The molecule has 0 spiro atoms. The van der Waals surface area contributed by atoms with Crippen molar-refractivity contribution < 1.29 is 0 Å². The van der Waals surface area contributed by atoms with Crippen LogP contribution in [0.2, 0.25) is 0 Å². The van der Waals surface area contributed by atoms with Crippen molar-refractivity contribution in [3.05, 3.63) is 0 Å². The number of unbranched alkanes of at least 4 members (excludes halogenated alkanes) is 16. The first-order valence-electron chi connectivity index (χ1n) is 13.2. The molecule has 0 amide bonds. The van der Waals surface area contributed by atoms with Gasteiger partial charge in [0.25, 0.3) is 0 Å². The number of hydrogen-bond donors (Lipinski definition) is 4. The molecule has 30 heavy (non-hydrogen) atoms. The van der Waals surface area contributed by atoms with Crippen molar-refractivity contribution in [2.75, 3.05) is 17.3 Å². The van der Waals surface area contributed by atoms with Crippen molar-refractivity contribution in [2.45, 2.75) is 147 Å². The molecule has 0 bridgehead atoms. The van der Waals surface area contributed by atoms with Crippen LogP contribution < -0.4 is 0 Å². The van der Waals surface area contributed by atoms with Crippen molar-refractivity contribution in [1.82, 2.24) is 0 Å². The molecule has 4 heteroatoms. The molecule has 0 nitrogen and oxygen atoms in total. The fraction of sp³-hybridized carbons (Fsp3) is 1.00. The zero-order valence-electron chi connectivity index (χ0n) is 20.3. The fourth-order valence-corrected chi connectivity index (χ4v) is 4.65. The monoisotopic (exact) mass is 496 g/mol. The van der Waals surface area contributed by atoms with Gasteiger partial charge in [0.15, 0.2) is 0 Å². The summed E-state index contributed by atoms with van der Waals surface area (Å²) in [6.07, 6.45) is 28.8. The van der Waals surface area contributed by atoms with Crippen molar-refractivity contribution in [3.63, 3.8) is 0 Å². The van der Waals surface area contributed by atoms with Gasteiger partial charge in [-0.3, -0.25) is 0 Å². The molecule has 1 unspecified atom stereocenters. The Kier molecular flexibility index (Phi) is 36.5. The molecular weight excluding hydrogens is 441 g/mol. The molecule has 184 valence electrons. The van der Waals surface area contributed by atoms with E-state index in [0.717, 1.165) is 17.3 Å². The van der Waals surface area contributed by atoms with E-state index in [4.69, 9.17) is 12.6 Å². The van der Waals surface area contributed by atoms with Gasteiger partial charge in [-0.2, -0.15) is 50.5 Å². The van der Waals surface area contributed by atoms with Gasteiger partial charge in [0.2, 0.25) is 0 Å². The summed E-state index contributed by atoms with van der Waals surface area (Å²) in [7, 11) is 0. The third-order valence-corrected chi connectivity index (χ3v) is 7.12. The highest BCUT2D eigenvalue weighted by Crippen LogP contribution is 2.18. The molecule has 0 N–H and O–H groups in total. The van der Waals surface area contributed by atoms with Gasteiger partial charge in [-0.15, -0.1) is 0 Å². The smallest absolute Gasteiger partial charge is 0.00168 e. The Morgan fingerprint density at radius 2 is 0.667 bits per heavy atom. The standard InChI is InChI=1S/C18H38S2.C8H18S2/c1-2-3-4-5-9-12-15-18(20)16-13-10-7-6-8-11-14-17-19;9-7-5-3-1-2-4-6-8-10/h18-20H,2-17H2,1H3;9-10H,1-8H2. The zero-order chi connectivity index (χ0) is 22.5. The van der Waals surface area contributed by atoms with Gasteiger partial charge in [-0.05, 0) is 49.4 Å². The molecule has 0 fully saturated rings. The molecular formula is C26H56S4. The Bertz CT molecular complexity index is 266. The molecule has 0 aromatic rings. The van der Waals surface area contributed by atoms with E-state index in [1.807, 2.05) is 0 Å². The molecule has 1 atom stereocenters. The molecule has 0 saturated carbocycles. The predicted molar refractivity (Wildman–Crippen MR) is 157 cm³/mol. The molecule has 0 rings (SSSR count). The van der Waals surface area contributed by atoms with Gasteiger partial charge >= 0.3 is 0 Å². The Labute approximate surface area is 213 Å². The average Bonchev–Trinajstić information content (AvgIpc) is 2.75. The second-order valence-corrected chi connectivity index (χ2v) is 10.8. The highest BCUT2D eigenvalue weighted by molar-refractivity contribution is 7.81. The summed E-state index contributed by atoms with van der Waals surface area (Å²) in [6.45, 7) is 2.28. The van der Waals surface area contributed by atoms with Crippen LogP contribution >= 0.6 is 50.5 Å². The lowest BCUT2D eigenvalue weighted by atomic mass is 10.0. The highest BCUT2D eigenvalue weighted by atomic mass is 32.1. The maximum absolute atomic E-state index is 4.74. The fourth-order valence-electron chi connectivity index (χ4n) is 3.61. The predicted octanol–water partition coefficient (Wildman–Crippen LogP) is 10.3. The third kappa shape index (κ3) is 34.0. The molecule has 0 aromatic carbocycles. The summed E-state index contributed by atoms with van der Waals surface area (Å²) in [5.41, 5.74) is 0. The van der Waals surface area contributed by atoms with Gasteiger partial charge in [-0.25, -0.2) is 0 Å². The van der Waals surface area contributed by atoms with Gasteiger partial charge in [0, 0.05) is 5.25 Å². The molecule has 0 aromatic heterocycles. The lowest BCUT2D eigenvalue weighted by molar-refractivity contribution is 0.540. The van der Waals surface area contributed by atoms with E-state index in [-0.39, 0.29) is 0 Å². The van der Waals surface area contributed by atoms with E-state index in [0.29, 0.717) is 5.25 Å². The molecule has 0 heterocycles. The van der Waals surface area contributed by atoms with E-state index in [1.165, 1.54) is 135 Å². The Balaban J connectivity index is 0. The first-order valence-corrected chi connectivity index (χ1v) is 15.6. The van der Waals surface area contributed by atoms with Crippen LogP contribution in [0, 0.1) is 0 Å². The van der Waals surface area contributed by atoms with Gasteiger partial charge in [-0.1, -0.05) is 110 Å². The van der Waals surface area contributed by atoms with Crippen LogP contribution in [0.25, 0.3) is 0 Å². The quantitative estimate of drug-likeness (QED) is 0.0784. The van der Waals surface area contributed by atoms with Crippen LogP contribution in [-0.2, 0) is 0 Å². The van der Waals surface area contributed by atoms with E-state index in [2.05, 4.69) is 44.8 Å². The van der Waals surface area contributed by atoms with Gasteiger partial charge in [0.05, 0.1) is 0 Å². The van der Waals surface area contributed by atoms with E-state index in [9.17, 15) is 0 Å². The average molecular weight is 497 g/mol. The van der Waals surface area contributed by atoms with Crippen LogP contribution in [0.15, 0.2) is 0 Å². The van der Waals surface area contributed by atoms with Gasteiger partial charge in [0.1, 0.15) is 0 Å². The van der Waals surface area contributed by atoms with Crippen LogP contribution in [0.5, 0.6) is 0 Å². The molecule has 0 aliphatic heterocycles. The normalized spacial score (nSPS) is 11.9. The summed E-state index contributed by atoms with van der Waals surface area (Å²) in [5, 5.41) is 0.658. The second-order valence-electron chi connectivity index (χ2n) is 8.77. The number of rotatable bonds is 23. The van der Waals surface area contributed by atoms with Crippen LogP contribution in [0.3, 0.4) is 0 Å². The summed E-state index contributed by atoms with van der Waals surface area (Å²) in [6, 6.07) is 0. The summed E-state index contributed by atoms with van der Waals surface area (Å²) in [5.74, 6) is 3.15. The Morgan fingerprint density at radius 1 is 0.400 bits per heavy atom. The van der Waals surface area contributed by atoms with Crippen molar-refractivity contribution in [2.24, 2.45) is 0 Å². The van der Waals surface area contributed by atoms with Gasteiger partial charge < -0.3 is 0 Å². The molecule has 0 saturated heterocycles. The minimum Gasteiger partial charge on any atom is -0.179 e. The second kappa shape index (κ2) is 32.6. The summed E-state index contributed by atoms with van der Waals surface area (Å²) < 4.78 is 0. The minimum absolute atomic E-state index is 0.658. The van der Waals surface area contributed by atoms with Crippen LogP contribution in [0.4, 0.5) is 0 Å². The first-order chi connectivity index (χ1) is 14.7. The lowest BCUT2D eigenvalue weighted by Crippen LogP contribution is -1.98. The maximum Gasteiger partial charge on any atom is 0.00168 e. The maximum atomic E-state index is 4.74. The lowest BCUT2D eigenvalue weighted by Gasteiger charge is -2.10. The number of thiol groups is 4. The van der Waals surface area contributed by atoms with Crippen LogP contribution in [0.1, 0.15) is 142 Å². The van der Waals surface area contributed by atoms with Crippen molar-refractivity contribution in [3.8, 4) is 0 Å². The highest BCUT2D eigenvalue weighted by Gasteiger charge is 2.02. The first kappa shape index (κ1) is 33.6. The molecule has 0 aliphatic carbocycles. The molecule has 0 aliphatic rings. The number of hydrogen-bond acceptors (Lipinski definition) is 4. The Morgan fingerprint density at radius 3 is 0.967 bits per heavy atom. The van der Waals surface area contributed by atoms with Crippen molar-refractivity contribution in [1.29, 1.82) is 0 Å². The summed E-state index contributed by atoms with van der Waals surface area (Å²) >= 11 is 17.3. The Hall–Kier alpha value is 1.40. The third-order valence-electron chi connectivity index (χ3n) is 5.65.